The van der Waals surface area contributed by atoms with Crippen LogP contribution in [0.15, 0.2) is 24.3 Å². The minimum Gasteiger partial charge on any atom is -0.494 e. The molecule has 102 valence electrons. The fraction of sp³-hybridized carbons (Fsp3) is 0.600. The Bertz CT molecular complexity index is 309. The molecule has 0 heterocycles. The van der Waals surface area contributed by atoms with Crippen LogP contribution < -0.4 is 14.8 Å². The van der Waals surface area contributed by atoms with Gasteiger partial charge in [-0.05, 0) is 43.7 Å². The molecule has 0 bridgehead atoms. The second kappa shape index (κ2) is 8.81. The summed E-state index contributed by atoms with van der Waals surface area (Å²) in [5.74, 6) is 1.81. The van der Waals surface area contributed by atoms with Crippen molar-refractivity contribution in [3.05, 3.63) is 24.3 Å². The van der Waals surface area contributed by atoms with E-state index in [1.165, 1.54) is 0 Å². The Balaban J connectivity index is 2.18. The largest absolute Gasteiger partial charge is 0.494 e. The molecule has 1 aromatic carbocycles. The molecule has 18 heavy (non-hydrogen) atoms. The average molecular weight is 251 g/mol. The van der Waals surface area contributed by atoms with Crippen LogP contribution >= 0.6 is 0 Å². The molecule has 1 rings (SSSR count). The molecule has 0 spiro atoms. The van der Waals surface area contributed by atoms with Crippen LogP contribution in [0.2, 0.25) is 0 Å². The van der Waals surface area contributed by atoms with Gasteiger partial charge >= 0.3 is 0 Å². The summed E-state index contributed by atoms with van der Waals surface area (Å²) < 4.78 is 11.2. The number of benzene rings is 1. The molecule has 1 aromatic rings. The first kappa shape index (κ1) is 14.8. The topological polar surface area (TPSA) is 30.5 Å². The lowest BCUT2D eigenvalue weighted by Crippen LogP contribution is -2.24. The summed E-state index contributed by atoms with van der Waals surface area (Å²) in [6.45, 7) is 8.90. The third kappa shape index (κ3) is 6.50. The van der Waals surface area contributed by atoms with Crippen molar-refractivity contribution in [2.75, 3.05) is 19.8 Å². The Labute approximate surface area is 110 Å². The second-order valence-corrected chi connectivity index (χ2v) is 4.63. The van der Waals surface area contributed by atoms with Crippen LogP contribution in [0.5, 0.6) is 11.5 Å². The smallest absolute Gasteiger partial charge is 0.119 e. The van der Waals surface area contributed by atoms with E-state index in [9.17, 15) is 0 Å². The fourth-order valence-electron chi connectivity index (χ4n) is 1.50. The molecule has 0 aliphatic carbocycles. The highest BCUT2D eigenvalue weighted by atomic mass is 16.5. The van der Waals surface area contributed by atoms with Gasteiger partial charge in [0, 0.05) is 6.04 Å². The maximum Gasteiger partial charge on any atom is 0.119 e. The Morgan fingerprint density at radius 1 is 1.00 bits per heavy atom. The Hall–Kier alpha value is -1.22. The van der Waals surface area contributed by atoms with Crippen LogP contribution in [0.3, 0.4) is 0 Å². The number of hydrogen-bond donors (Lipinski definition) is 1. The highest BCUT2D eigenvalue weighted by molar-refractivity contribution is 5.31. The molecule has 0 aliphatic rings. The molecule has 0 unspecified atom stereocenters. The van der Waals surface area contributed by atoms with Gasteiger partial charge in [0.25, 0.3) is 0 Å². The van der Waals surface area contributed by atoms with Gasteiger partial charge in [0.15, 0.2) is 0 Å². The Kier molecular flexibility index (Phi) is 7.26. The van der Waals surface area contributed by atoms with Gasteiger partial charge < -0.3 is 14.8 Å². The van der Waals surface area contributed by atoms with Crippen molar-refractivity contribution in [3.63, 3.8) is 0 Å². The standard InChI is InChI=1S/C15H25NO2/c1-4-11-17-14-6-8-15(9-7-14)18-12-5-10-16-13(2)3/h6-9,13,16H,4-5,10-12H2,1-3H3. The van der Waals surface area contributed by atoms with E-state index in [-0.39, 0.29) is 0 Å². The quantitative estimate of drug-likeness (QED) is 0.683. The van der Waals surface area contributed by atoms with Crippen LogP contribution in [-0.4, -0.2) is 25.8 Å². The lowest BCUT2D eigenvalue weighted by molar-refractivity contribution is 0.301. The number of hydrogen-bond acceptors (Lipinski definition) is 3. The zero-order valence-corrected chi connectivity index (χ0v) is 11.7. The van der Waals surface area contributed by atoms with Crippen LogP contribution in [-0.2, 0) is 0 Å². The molecule has 1 N–H and O–H groups in total. The molecule has 0 aliphatic heterocycles. The highest BCUT2D eigenvalue weighted by Gasteiger charge is 1.97. The molecule has 0 amide bonds. The number of ether oxygens (including phenoxy) is 2. The van der Waals surface area contributed by atoms with E-state index < -0.39 is 0 Å². The highest BCUT2D eigenvalue weighted by Crippen LogP contribution is 2.17. The number of nitrogens with one attached hydrogen (secondary N) is 1. The van der Waals surface area contributed by atoms with Crippen molar-refractivity contribution in [1.29, 1.82) is 0 Å². The van der Waals surface area contributed by atoms with E-state index >= 15 is 0 Å². The van der Waals surface area contributed by atoms with Gasteiger partial charge in [-0.25, -0.2) is 0 Å². The molecule has 3 nitrogen and oxygen atoms in total. The molecule has 0 atom stereocenters. The van der Waals surface area contributed by atoms with Gasteiger partial charge in [0.1, 0.15) is 11.5 Å². The maximum absolute atomic E-state index is 5.65. The van der Waals surface area contributed by atoms with E-state index in [2.05, 4.69) is 26.1 Å². The lowest BCUT2D eigenvalue weighted by Gasteiger charge is -2.10. The minimum absolute atomic E-state index is 0.542. The molecule has 3 heteroatoms. The lowest BCUT2D eigenvalue weighted by atomic mass is 10.3. The predicted molar refractivity (Wildman–Crippen MR) is 75.5 cm³/mol. The first-order valence-electron chi connectivity index (χ1n) is 6.81. The molecule has 0 saturated carbocycles. The van der Waals surface area contributed by atoms with Crippen molar-refractivity contribution in [1.82, 2.24) is 5.32 Å². The van der Waals surface area contributed by atoms with E-state index in [0.29, 0.717) is 6.04 Å². The first-order chi connectivity index (χ1) is 8.72. The van der Waals surface area contributed by atoms with Gasteiger partial charge in [-0.3, -0.25) is 0 Å². The van der Waals surface area contributed by atoms with Crippen molar-refractivity contribution in [3.8, 4) is 11.5 Å². The van der Waals surface area contributed by atoms with Crippen LogP contribution in [0.4, 0.5) is 0 Å². The normalized spacial score (nSPS) is 10.7. The summed E-state index contributed by atoms with van der Waals surface area (Å²) in [5, 5.41) is 3.36. The summed E-state index contributed by atoms with van der Waals surface area (Å²) in [4.78, 5) is 0. The van der Waals surface area contributed by atoms with E-state index in [1.807, 2.05) is 24.3 Å². The van der Waals surface area contributed by atoms with E-state index in [4.69, 9.17) is 9.47 Å². The Morgan fingerprint density at radius 2 is 1.56 bits per heavy atom. The Morgan fingerprint density at radius 3 is 2.06 bits per heavy atom. The van der Waals surface area contributed by atoms with Gasteiger partial charge in [-0.1, -0.05) is 20.8 Å². The molecular weight excluding hydrogens is 226 g/mol. The van der Waals surface area contributed by atoms with Crippen molar-refractivity contribution >= 4 is 0 Å². The van der Waals surface area contributed by atoms with Gasteiger partial charge in [0.05, 0.1) is 13.2 Å². The van der Waals surface area contributed by atoms with Crippen LogP contribution in [0, 0.1) is 0 Å². The molecular formula is C15H25NO2. The summed E-state index contributed by atoms with van der Waals surface area (Å²) in [7, 11) is 0. The fourth-order valence-corrected chi connectivity index (χ4v) is 1.50. The van der Waals surface area contributed by atoms with E-state index in [0.717, 1.165) is 44.1 Å². The average Bonchev–Trinajstić information content (AvgIpc) is 2.37. The molecule has 0 saturated heterocycles. The molecule has 0 aromatic heterocycles. The SMILES string of the molecule is CCCOc1ccc(OCCCNC(C)C)cc1. The third-order valence-electron chi connectivity index (χ3n) is 2.44. The van der Waals surface area contributed by atoms with Crippen molar-refractivity contribution in [2.45, 2.75) is 39.7 Å². The monoisotopic (exact) mass is 251 g/mol. The summed E-state index contributed by atoms with van der Waals surface area (Å²) >= 11 is 0. The van der Waals surface area contributed by atoms with Crippen molar-refractivity contribution < 1.29 is 9.47 Å². The maximum atomic E-state index is 5.65. The summed E-state index contributed by atoms with van der Waals surface area (Å²) in [6, 6.07) is 8.37. The second-order valence-electron chi connectivity index (χ2n) is 4.63. The van der Waals surface area contributed by atoms with Gasteiger partial charge in [0.2, 0.25) is 0 Å². The van der Waals surface area contributed by atoms with Crippen molar-refractivity contribution in [2.24, 2.45) is 0 Å². The zero-order chi connectivity index (χ0) is 13.2. The summed E-state index contributed by atoms with van der Waals surface area (Å²) in [5.41, 5.74) is 0. The van der Waals surface area contributed by atoms with Crippen LogP contribution in [0.1, 0.15) is 33.6 Å². The summed E-state index contributed by atoms with van der Waals surface area (Å²) in [6.07, 6.45) is 2.05. The van der Waals surface area contributed by atoms with Gasteiger partial charge in [-0.2, -0.15) is 0 Å². The van der Waals surface area contributed by atoms with E-state index in [1.54, 1.807) is 0 Å². The predicted octanol–water partition coefficient (Wildman–Crippen LogP) is 3.24. The van der Waals surface area contributed by atoms with Crippen LogP contribution in [0.25, 0.3) is 0 Å². The third-order valence-corrected chi connectivity index (χ3v) is 2.44. The molecule has 0 radical (unpaired) electrons. The minimum atomic E-state index is 0.542. The first-order valence-corrected chi connectivity index (χ1v) is 6.81. The van der Waals surface area contributed by atoms with Gasteiger partial charge in [-0.15, -0.1) is 0 Å². The zero-order valence-electron chi connectivity index (χ0n) is 11.7. The number of rotatable bonds is 9. The molecule has 0 fully saturated rings.